The van der Waals surface area contributed by atoms with E-state index in [1.54, 1.807) is 0 Å². The van der Waals surface area contributed by atoms with Gasteiger partial charge in [0.05, 0.1) is 0 Å². The quantitative estimate of drug-likeness (QED) is 0.211. The van der Waals surface area contributed by atoms with Crippen LogP contribution in [0.4, 0.5) is 0 Å². The van der Waals surface area contributed by atoms with Gasteiger partial charge in [-0.2, -0.15) is 0 Å². The van der Waals surface area contributed by atoms with Gasteiger partial charge < -0.3 is 10.8 Å². The van der Waals surface area contributed by atoms with Crippen molar-refractivity contribution in [2.24, 2.45) is 0 Å². The molecule has 0 saturated carbocycles. The van der Waals surface area contributed by atoms with Crippen molar-refractivity contribution < 1.29 is 18.9 Å². The van der Waals surface area contributed by atoms with Crippen LogP contribution in [-0.2, 0) is 0 Å². The second-order valence-electron chi connectivity index (χ2n) is 2.52. The second-order valence-corrected chi connectivity index (χ2v) is 2.52. The van der Waals surface area contributed by atoms with E-state index >= 15 is 0 Å². The molecule has 0 rings (SSSR count). The fourth-order valence-electron chi connectivity index (χ4n) is 0.512. The Labute approximate surface area is 82.7 Å². The van der Waals surface area contributed by atoms with E-state index in [9.17, 15) is 0 Å². The second kappa shape index (κ2) is 9.99. The molecule has 0 aliphatic rings. The Hall–Kier alpha value is -0.0126. The van der Waals surface area contributed by atoms with Gasteiger partial charge in [0.1, 0.15) is 0 Å². The van der Waals surface area contributed by atoms with Gasteiger partial charge in [0.15, 0.2) is 0 Å². The summed E-state index contributed by atoms with van der Waals surface area (Å²) in [7, 11) is 3.96. The fraction of sp³-hybridized carbons (Fsp3) is 0.667. The van der Waals surface area contributed by atoms with Crippen molar-refractivity contribution in [1.29, 1.82) is 0 Å². The van der Waals surface area contributed by atoms with E-state index in [1.807, 2.05) is 25.5 Å². The van der Waals surface area contributed by atoms with Crippen molar-refractivity contribution >= 4 is 0 Å². The number of rotatable bonds is 3. The molecule has 0 bridgehead atoms. The Morgan fingerprint density at radius 2 is 2.00 bits per heavy atom. The van der Waals surface area contributed by atoms with Gasteiger partial charge in [-0.25, -0.2) is 0 Å². The minimum Gasteiger partial charge on any atom is -0.357 e. The molecule has 0 saturated heterocycles. The van der Waals surface area contributed by atoms with E-state index in [-0.39, 0.29) is 18.9 Å². The van der Waals surface area contributed by atoms with E-state index in [0.717, 1.165) is 6.42 Å². The smallest absolute Gasteiger partial charge is 0.357 e. The van der Waals surface area contributed by atoms with Crippen molar-refractivity contribution in [3.05, 3.63) is 6.54 Å². The maximum atomic E-state index is 3.07. The fourth-order valence-corrected chi connectivity index (χ4v) is 0.512. The van der Waals surface area contributed by atoms with Crippen molar-refractivity contribution in [3.8, 4) is 11.8 Å². The van der Waals surface area contributed by atoms with Gasteiger partial charge in [-0.3, -0.25) is 5.92 Å². The predicted octanol–water partition coefficient (Wildman–Crippen LogP) is -1.09. The molecule has 0 atom stereocenters. The molecule has 0 heterocycles. The average Bonchev–Trinajstić information content (AvgIpc) is 1.87. The van der Waals surface area contributed by atoms with Crippen molar-refractivity contribution in [2.75, 3.05) is 14.1 Å². The minimum absolute atomic E-state index is 0. The summed E-state index contributed by atoms with van der Waals surface area (Å²) in [5.41, 5.74) is 0. The summed E-state index contributed by atoms with van der Waals surface area (Å²) >= 11 is 0. The zero-order valence-electron chi connectivity index (χ0n) is 8.15. The molecular formula is C9H16LiN. The van der Waals surface area contributed by atoms with Gasteiger partial charge in [0.2, 0.25) is 0 Å². The maximum absolute atomic E-state index is 3.07. The molecule has 0 radical (unpaired) electrons. The van der Waals surface area contributed by atoms with Gasteiger partial charge >= 0.3 is 18.9 Å². The number of hydrogen-bond donors (Lipinski definition) is 0. The van der Waals surface area contributed by atoms with E-state index in [2.05, 4.69) is 18.8 Å². The molecule has 0 fully saturated rings. The summed E-state index contributed by atoms with van der Waals surface area (Å²) in [6.45, 7) is 4.06. The molecule has 0 N–H and O–H groups in total. The van der Waals surface area contributed by atoms with Crippen molar-refractivity contribution in [3.63, 3.8) is 0 Å². The first kappa shape index (κ1) is 13.6. The topological polar surface area (TPSA) is 3.24 Å². The van der Waals surface area contributed by atoms with Crippen LogP contribution in [0.2, 0.25) is 0 Å². The normalized spacial score (nSPS) is 8.00. The molecule has 0 aromatic rings. The van der Waals surface area contributed by atoms with Crippen LogP contribution in [0.1, 0.15) is 26.2 Å². The van der Waals surface area contributed by atoms with Crippen LogP contribution in [0, 0.1) is 18.4 Å². The van der Waals surface area contributed by atoms with E-state index in [0.29, 0.717) is 0 Å². The first-order chi connectivity index (χ1) is 4.77. The zero-order chi connectivity index (χ0) is 7.82. The van der Waals surface area contributed by atoms with Crippen LogP contribution in [0.5, 0.6) is 0 Å². The van der Waals surface area contributed by atoms with Crippen LogP contribution in [0.25, 0.3) is 0 Å². The molecule has 0 amide bonds. The molecule has 0 aromatic heterocycles. The molecule has 0 spiro atoms. The van der Waals surface area contributed by atoms with Crippen LogP contribution in [0.3, 0.4) is 0 Å². The third-order valence-electron chi connectivity index (χ3n) is 1.08. The Kier molecular flexibility index (Phi) is 12.3. The monoisotopic (exact) mass is 145 g/mol. The summed E-state index contributed by atoms with van der Waals surface area (Å²) in [5, 5.41) is 0. The third-order valence-corrected chi connectivity index (χ3v) is 1.08. The van der Waals surface area contributed by atoms with E-state index < -0.39 is 0 Å². The van der Waals surface area contributed by atoms with Crippen LogP contribution in [0.15, 0.2) is 0 Å². The first-order valence-electron chi connectivity index (χ1n) is 3.75. The zero-order valence-corrected chi connectivity index (χ0v) is 8.15. The van der Waals surface area contributed by atoms with E-state index in [1.165, 1.54) is 12.8 Å². The molecule has 0 aliphatic carbocycles. The largest absolute Gasteiger partial charge is 1.00 e. The summed E-state index contributed by atoms with van der Waals surface area (Å²) in [4.78, 5) is 1.96. The molecule has 11 heavy (non-hydrogen) atoms. The van der Waals surface area contributed by atoms with Crippen molar-refractivity contribution in [1.82, 2.24) is 4.90 Å². The first-order valence-corrected chi connectivity index (χ1v) is 3.75. The molecule has 0 aromatic carbocycles. The SMILES string of the molecule is CCCCC#C[CH-]N(C)C.[Li+]. The van der Waals surface area contributed by atoms with Crippen molar-refractivity contribution in [2.45, 2.75) is 26.2 Å². The third kappa shape index (κ3) is 13.1. The summed E-state index contributed by atoms with van der Waals surface area (Å²) < 4.78 is 0. The van der Waals surface area contributed by atoms with Crippen LogP contribution in [-0.4, -0.2) is 19.0 Å². The summed E-state index contributed by atoms with van der Waals surface area (Å²) in [6, 6.07) is 0. The molecule has 1 nitrogen and oxygen atoms in total. The van der Waals surface area contributed by atoms with Gasteiger partial charge in [-0.1, -0.05) is 26.2 Å². The Bertz CT molecular complexity index is 121. The Balaban J connectivity index is 0. The Morgan fingerprint density at radius 1 is 1.36 bits per heavy atom. The van der Waals surface area contributed by atoms with Crippen LogP contribution >= 0.6 is 0 Å². The number of hydrogen-bond acceptors (Lipinski definition) is 1. The molecule has 0 aliphatic heterocycles. The average molecular weight is 145 g/mol. The Morgan fingerprint density at radius 3 is 2.45 bits per heavy atom. The van der Waals surface area contributed by atoms with Gasteiger partial charge in [0.25, 0.3) is 0 Å². The summed E-state index contributed by atoms with van der Waals surface area (Å²) in [6.07, 6.45) is 3.48. The van der Waals surface area contributed by atoms with Crippen LogP contribution < -0.4 is 18.9 Å². The van der Waals surface area contributed by atoms with Gasteiger partial charge in [-0.05, 0) is 14.1 Å². The van der Waals surface area contributed by atoms with Gasteiger partial charge in [0, 0.05) is 0 Å². The van der Waals surface area contributed by atoms with E-state index in [4.69, 9.17) is 0 Å². The maximum Gasteiger partial charge on any atom is 1.00 e. The van der Waals surface area contributed by atoms with Gasteiger partial charge in [-0.15, -0.1) is 6.54 Å². The standard InChI is InChI=1S/C9H16N.Li/c1-4-5-6-7-8-9-10(2)3;/h9H,4-6H2,1-3H3;/q-1;+1. The molecule has 58 valence electrons. The number of nitrogens with zero attached hydrogens (tertiary/aromatic N) is 1. The number of unbranched alkanes of at least 4 members (excludes halogenated alkanes) is 2. The molecular weight excluding hydrogens is 129 g/mol. The molecule has 2 heteroatoms. The minimum atomic E-state index is 0. The summed E-state index contributed by atoms with van der Waals surface area (Å²) in [5.74, 6) is 6.04. The molecule has 0 unspecified atom stereocenters. The predicted molar refractivity (Wildman–Crippen MR) is 45.3 cm³/mol.